The van der Waals surface area contributed by atoms with Gasteiger partial charge < -0.3 is 24.9 Å². The van der Waals surface area contributed by atoms with Crippen LogP contribution in [0.5, 0.6) is 11.5 Å². The largest absolute Gasteiger partial charge is 0.497 e. The second kappa shape index (κ2) is 6.82. The molecule has 24 heavy (non-hydrogen) atoms. The lowest BCUT2D eigenvalue weighted by Gasteiger charge is -2.08. The van der Waals surface area contributed by atoms with Gasteiger partial charge in [0.2, 0.25) is 5.65 Å². The molecular weight excluding hydrogens is 314 g/mol. The van der Waals surface area contributed by atoms with E-state index in [-0.39, 0.29) is 5.82 Å². The number of hydrogen-bond donors (Lipinski definition) is 1. The average Bonchev–Trinajstić information content (AvgIpc) is 3.02. The molecule has 0 fully saturated rings. The second-order valence-corrected chi connectivity index (χ2v) is 4.82. The molecule has 0 radical (unpaired) electrons. The maximum Gasteiger partial charge on any atom is 0.368 e. The van der Waals surface area contributed by atoms with Crippen LogP contribution in [0.15, 0.2) is 42.6 Å². The van der Waals surface area contributed by atoms with Crippen LogP contribution in [0.2, 0.25) is 0 Å². The Labute approximate surface area is 137 Å². The van der Waals surface area contributed by atoms with Crippen molar-refractivity contribution < 1.29 is 14.4 Å². The Morgan fingerprint density at radius 1 is 1.29 bits per heavy atom. The molecule has 1 N–H and O–H groups in total. The minimum atomic E-state index is -0.525. The van der Waals surface area contributed by atoms with Gasteiger partial charge in [-0.15, -0.1) is 0 Å². The molecule has 2 heterocycles. The van der Waals surface area contributed by atoms with Gasteiger partial charge in [0.15, 0.2) is 5.82 Å². The summed E-state index contributed by atoms with van der Waals surface area (Å²) in [6, 6.07) is 10.7. The molecule has 0 aliphatic heterocycles. The van der Waals surface area contributed by atoms with Crippen molar-refractivity contribution in [1.29, 1.82) is 0 Å². The number of fused-ring (bicyclic) bond motifs is 1. The summed E-state index contributed by atoms with van der Waals surface area (Å²) in [5.41, 5.74) is 0.417. The first-order valence-corrected chi connectivity index (χ1v) is 7.17. The number of anilines is 1. The molecule has 3 rings (SSSR count). The van der Waals surface area contributed by atoms with Crippen LogP contribution in [-0.4, -0.2) is 39.8 Å². The van der Waals surface area contributed by atoms with E-state index in [1.807, 2.05) is 18.2 Å². The van der Waals surface area contributed by atoms with Crippen LogP contribution in [0, 0.1) is 10.1 Å². The highest BCUT2D eigenvalue weighted by Crippen LogP contribution is 2.19. The molecule has 0 amide bonds. The van der Waals surface area contributed by atoms with E-state index in [0.29, 0.717) is 30.4 Å². The van der Waals surface area contributed by atoms with E-state index in [1.165, 1.54) is 10.7 Å². The lowest BCUT2D eigenvalue weighted by molar-refractivity contribution is -0.391. The molecule has 0 aliphatic carbocycles. The molecule has 0 saturated heterocycles. The summed E-state index contributed by atoms with van der Waals surface area (Å²) in [4.78, 5) is 14.3. The fourth-order valence-corrected chi connectivity index (χ4v) is 2.12. The molecule has 2 aromatic heterocycles. The van der Waals surface area contributed by atoms with Gasteiger partial charge in [-0.25, -0.2) is 4.98 Å². The number of nitro groups is 1. The molecule has 0 bridgehead atoms. The fourth-order valence-electron chi connectivity index (χ4n) is 2.12. The number of aromatic nitrogens is 3. The zero-order chi connectivity index (χ0) is 16.9. The molecule has 3 aromatic rings. The maximum absolute atomic E-state index is 10.9. The topological polar surface area (TPSA) is 104 Å². The van der Waals surface area contributed by atoms with Gasteiger partial charge in [-0.2, -0.15) is 0 Å². The van der Waals surface area contributed by atoms with Gasteiger partial charge in [-0.1, -0.05) is 15.7 Å². The van der Waals surface area contributed by atoms with E-state index in [0.717, 1.165) is 5.75 Å². The smallest absolute Gasteiger partial charge is 0.368 e. The molecule has 1 aromatic carbocycles. The monoisotopic (exact) mass is 329 g/mol. The molecule has 9 nitrogen and oxygen atoms in total. The Morgan fingerprint density at radius 3 is 2.92 bits per heavy atom. The highest BCUT2D eigenvalue weighted by Gasteiger charge is 2.15. The van der Waals surface area contributed by atoms with Crippen molar-refractivity contribution in [2.75, 3.05) is 25.6 Å². The van der Waals surface area contributed by atoms with Crippen LogP contribution in [0.1, 0.15) is 0 Å². The summed E-state index contributed by atoms with van der Waals surface area (Å²) >= 11 is 0. The van der Waals surface area contributed by atoms with E-state index in [9.17, 15) is 10.1 Å². The van der Waals surface area contributed by atoms with Crippen molar-refractivity contribution in [2.45, 2.75) is 0 Å². The number of benzene rings is 1. The summed E-state index contributed by atoms with van der Waals surface area (Å²) in [6.45, 7) is 0.886. The Morgan fingerprint density at radius 2 is 2.12 bits per heavy atom. The molecule has 0 aliphatic rings. The van der Waals surface area contributed by atoms with Gasteiger partial charge in [0.25, 0.3) is 0 Å². The number of nitrogens with one attached hydrogen (secondary N) is 1. The third-order valence-electron chi connectivity index (χ3n) is 3.25. The predicted octanol–water partition coefficient (Wildman–Crippen LogP) is 2.14. The first-order valence-electron chi connectivity index (χ1n) is 7.17. The highest BCUT2D eigenvalue weighted by molar-refractivity contribution is 5.48. The minimum absolute atomic E-state index is 0.179. The minimum Gasteiger partial charge on any atom is -0.497 e. The van der Waals surface area contributed by atoms with E-state index in [1.54, 1.807) is 25.3 Å². The number of nitrogens with zero attached hydrogens (tertiary/aromatic N) is 4. The first kappa shape index (κ1) is 15.5. The normalized spacial score (nSPS) is 10.5. The van der Waals surface area contributed by atoms with Gasteiger partial charge in [-0.3, -0.25) is 0 Å². The lowest BCUT2D eigenvalue weighted by atomic mass is 10.3. The van der Waals surface area contributed by atoms with Crippen molar-refractivity contribution in [2.24, 2.45) is 0 Å². The van der Waals surface area contributed by atoms with E-state index in [2.05, 4.69) is 15.4 Å². The zero-order valence-electron chi connectivity index (χ0n) is 12.9. The van der Waals surface area contributed by atoms with Crippen LogP contribution in [0.4, 0.5) is 11.6 Å². The van der Waals surface area contributed by atoms with Crippen LogP contribution in [0.3, 0.4) is 0 Å². The van der Waals surface area contributed by atoms with Crippen molar-refractivity contribution in [3.63, 3.8) is 0 Å². The SMILES string of the molecule is COc1cccc(OCCNc2ccc3ncc([N+](=O)[O-])n3n2)c1. The van der Waals surface area contributed by atoms with Gasteiger partial charge in [0.05, 0.1) is 13.7 Å². The van der Waals surface area contributed by atoms with E-state index in [4.69, 9.17) is 9.47 Å². The number of hydrogen-bond acceptors (Lipinski definition) is 7. The summed E-state index contributed by atoms with van der Waals surface area (Å²) in [6.07, 6.45) is 1.18. The van der Waals surface area contributed by atoms with Crippen molar-refractivity contribution >= 4 is 17.3 Å². The number of methoxy groups -OCH3 is 1. The molecule has 0 atom stereocenters. The molecule has 0 spiro atoms. The van der Waals surface area contributed by atoms with Crippen LogP contribution in [0.25, 0.3) is 5.65 Å². The van der Waals surface area contributed by atoms with Crippen LogP contribution in [-0.2, 0) is 0 Å². The maximum atomic E-state index is 10.9. The molecule has 124 valence electrons. The Hall–Kier alpha value is -3.36. The zero-order valence-corrected chi connectivity index (χ0v) is 12.9. The molecule has 0 saturated carbocycles. The number of ether oxygens (including phenoxy) is 2. The van der Waals surface area contributed by atoms with Crippen LogP contribution < -0.4 is 14.8 Å². The molecule has 9 heteroatoms. The standard InChI is InChI=1S/C15H15N5O4/c1-23-11-3-2-4-12(9-11)24-8-7-16-13-5-6-14-17-10-15(20(21)22)19(14)18-13/h2-6,9-10H,7-8H2,1H3,(H,16,18). The highest BCUT2D eigenvalue weighted by atomic mass is 16.6. The van der Waals surface area contributed by atoms with Crippen molar-refractivity contribution in [3.05, 3.63) is 52.7 Å². The molecule has 0 unspecified atom stereocenters. The quantitative estimate of drug-likeness (QED) is 0.402. The fraction of sp³-hybridized carbons (Fsp3) is 0.200. The number of rotatable bonds is 7. The summed E-state index contributed by atoms with van der Waals surface area (Å²) in [5.74, 6) is 1.74. The van der Waals surface area contributed by atoms with Gasteiger partial charge in [0.1, 0.15) is 24.3 Å². The summed E-state index contributed by atoms with van der Waals surface area (Å²) < 4.78 is 11.9. The van der Waals surface area contributed by atoms with Gasteiger partial charge >= 0.3 is 5.82 Å². The lowest BCUT2D eigenvalue weighted by Crippen LogP contribution is -2.13. The number of imidazole rings is 1. The third kappa shape index (κ3) is 3.35. The van der Waals surface area contributed by atoms with Gasteiger partial charge in [0, 0.05) is 12.1 Å². The van der Waals surface area contributed by atoms with Crippen molar-refractivity contribution in [3.8, 4) is 11.5 Å². The average molecular weight is 329 g/mol. The van der Waals surface area contributed by atoms with E-state index >= 15 is 0 Å². The summed E-state index contributed by atoms with van der Waals surface area (Å²) in [5, 5.41) is 18.1. The Kier molecular flexibility index (Phi) is 4.41. The predicted molar refractivity (Wildman–Crippen MR) is 86.6 cm³/mol. The Balaban J connectivity index is 1.59. The Bertz CT molecular complexity index is 864. The first-order chi connectivity index (χ1) is 11.7. The second-order valence-electron chi connectivity index (χ2n) is 4.82. The van der Waals surface area contributed by atoms with Crippen molar-refractivity contribution in [1.82, 2.24) is 14.6 Å². The van der Waals surface area contributed by atoms with Crippen LogP contribution >= 0.6 is 0 Å². The third-order valence-corrected chi connectivity index (χ3v) is 3.25. The van der Waals surface area contributed by atoms with Gasteiger partial charge in [-0.05, 0) is 23.1 Å². The molecular formula is C15H15N5O4. The summed E-state index contributed by atoms with van der Waals surface area (Å²) in [7, 11) is 1.60. The van der Waals surface area contributed by atoms with E-state index < -0.39 is 4.92 Å².